The van der Waals surface area contributed by atoms with E-state index < -0.39 is 12.5 Å². The van der Waals surface area contributed by atoms with Crippen LogP contribution >= 0.6 is 0 Å². The number of anilines is 1. The number of hydrogen-bond donors (Lipinski definition) is 0. The zero-order chi connectivity index (χ0) is 21.4. The highest BCUT2D eigenvalue weighted by Crippen LogP contribution is 2.22. The van der Waals surface area contributed by atoms with E-state index in [0.717, 1.165) is 43.1 Å². The van der Waals surface area contributed by atoms with Crippen molar-refractivity contribution in [3.05, 3.63) is 36.7 Å². The van der Waals surface area contributed by atoms with Crippen LogP contribution in [-0.2, 0) is 4.79 Å². The molecule has 2 aromatic rings. The molecule has 1 aliphatic rings. The van der Waals surface area contributed by atoms with Crippen LogP contribution in [0.5, 0.6) is 5.88 Å². The minimum Gasteiger partial charge on any atom is -0.481 e. The molecule has 29 heavy (non-hydrogen) atoms. The van der Waals surface area contributed by atoms with E-state index in [0.29, 0.717) is 11.9 Å². The van der Waals surface area contributed by atoms with Gasteiger partial charge in [0.15, 0.2) is 0 Å². The van der Waals surface area contributed by atoms with Crippen molar-refractivity contribution >= 4 is 12.1 Å². The van der Waals surface area contributed by atoms with Gasteiger partial charge in [-0.25, -0.2) is 9.97 Å². The standard InChI is InChI=1S/C18H24N4O.C2HF3O/c1-14(2)21-8-10-22(11-9-21)17-6-4-15(12-19-17)16-5-7-18(23-3)20-13-16;3-2(4,5)1-6/h4-7,12-14H,8-11H2,1-3H3;1H. The minimum atomic E-state index is -4.64. The summed E-state index contributed by atoms with van der Waals surface area (Å²) in [5.74, 6) is 1.68. The molecule has 1 saturated heterocycles. The Morgan fingerprint density at radius 3 is 1.93 bits per heavy atom. The summed E-state index contributed by atoms with van der Waals surface area (Å²) in [7, 11) is 1.62. The van der Waals surface area contributed by atoms with Crippen LogP contribution in [0.3, 0.4) is 0 Å². The van der Waals surface area contributed by atoms with Crippen molar-refractivity contribution in [1.82, 2.24) is 14.9 Å². The number of carbonyl (C=O) groups is 1. The number of pyridine rings is 2. The Labute approximate surface area is 168 Å². The smallest absolute Gasteiger partial charge is 0.446 e. The van der Waals surface area contributed by atoms with E-state index in [1.807, 2.05) is 24.5 Å². The van der Waals surface area contributed by atoms with E-state index in [1.165, 1.54) is 0 Å². The zero-order valence-electron chi connectivity index (χ0n) is 16.7. The monoisotopic (exact) mass is 410 g/mol. The van der Waals surface area contributed by atoms with E-state index in [-0.39, 0.29) is 0 Å². The molecule has 1 fully saturated rings. The Morgan fingerprint density at radius 1 is 1.00 bits per heavy atom. The third kappa shape index (κ3) is 7.01. The van der Waals surface area contributed by atoms with Crippen LogP contribution in [0.25, 0.3) is 11.1 Å². The number of alkyl halides is 3. The molecule has 3 heterocycles. The lowest BCUT2D eigenvalue weighted by molar-refractivity contribution is -0.156. The maximum Gasteiger partial charge on any atom is 0.446 e. The number of hydrogen-bond acceptors (Lipinski definition) is 6. The second-order valence-electron chi connectivity index (χ2n) is 6.77. The molecule has 0 radical (unpaired) electrons. The largest absolute Gasteiger partial charge is 0.481 e. The van der Waals surface area contributed by atoms with Crippen LogP contribution in [-0.4, -0.2) is 66.7 Å². The first-order valence-electron chi connectivity index (χ1n) is 9.22. The van der Waals surface area contributed by atoms with Gasteiger partial charge in [0.2, 0.25) is 12.2 Å². The van der Waals surface area contributed by atoms with Crippen LogP contribution in [0.15, 0.2) is 36.7 Å². The number of piperazine rings is 1. The fraction of sp³-hybridized carbons (Fsp3) is 0.450. The molecule has 0 N–H and O–H groups in total. The number of nitrogens with zero attached hydrogens (tertiary/aromatic N) is 4. The van der Waals surface area contributed by atoms with E-state index in [4.69, 9.17) is 9.53 Å². The highest BCUT2D eigenvalue weighted by molar-refractivity contribution is 5.63. The normalized spacial score (nSPS) is 14.9. The summed E-state index contributed by atoms with van der Waals surface area (Å²) >= 11 is 0. The van der Waals surface area contributed by atoms with Crippen molar-refractivity contribution < 1.29 is 22.7 Å². The van der Waals surface area contributed by atoms with Crippen LogP contribution in [0.4, 0.5) is 19.0 Å². The molecule has 9 heteroatoms. The molecule has 0 spiro atoms. The van der Waals surface area contributed by atoms with E-state index in [1.54, 1.807) is 7.11 Å². The highest BCUT2D eigenvalue weighted by Gasteiger charge is 2.25. The van der Waals surface area contributed by atoms with Gasteiger partial charge >= 0.3 is 6.18 Å². The van der Waals surface area contributed by atoms with E-state index >= 15 is 0 Å². The van der Waals surface area contributed by atoms with Gasteiger partial charge in [0, 0.05) is 61.8 Å². The number of rotatable bonds is 4. The molecule has 1 aliphatic heterocycles. The summed E-state index contributed by atoms with van der Waals surface area (Å²) in [5, 5.41) is 0. The van der Waals surface area contributed by atoms with E-state index in [2.05, 4.69) is 45.7 Å². The van der Waals surface area contributed by atoms with Crippen molar-refractivity contribution in [2.24, 2.45) is 0 Å². The number of halogens is 3. The summed E-state index contributed by atoms with van der Waals surface area (Å²) in [4.78, 5) is 22.4. The van der Waals surface area contributed by atoms with Crippen molar-refractivity contribution in [2.75, 3.05) is 38.2 Å². The lowest BCUT2D eigenvalue weighted by Crippen LogP contribution is -2.49. The number of carbonyl (C=O) groups excluding carboxylic acids is 1. The summed E-state index contributed by atoms with van der Waals surface area (Å²) in [6.07, 6.45) is -1.96. The number of aromatic nitrogens is 2. The highest BCUT2D eigenvalue weighted by atomic mass is 19.4. The van der Waals surface area contributed by atoms with Gasteiger partial charge in [0.05, 0.1) is 7.11 Å². The average molecular weight is 410 g/mol. The average Bonchev–Trinajstić information content (AvgIpc) is 2.74. The third-order valence-corrected chi connectivity index (χ3v) is 4.53. The molecule has 0 aromatic carbocycles. The van der Waals surface area contributed by atoms with Gasteiger partial charge in [0.25, 0.3) is 0 Å². The molecule has 0 saturated carbocycles. The predicted molar refractivity (Wildman–Crippen MR) is 105 cm³/mol. The van der Waals surface area contributed by atoms with Crippen molar-refractivity contribution in [3.8, 4) is 17.0 Å². The first kappa shape index (κ1) is 22.6. The molecule has 0 aliphatic carbocycles. The molecule has 3 rings (SSSR count). The first-order chi connectivity index (χ1) is 13.7. The number of ether oxygens (including phenoxy) is 1. The van der Waals surface area contributed by atoms with Crippen LogP contribution < -0.4 is 9.64 Å². The zero-order valence-corrected chi connectivity index (χ0v) is 16.7. The Bertz CT molecular complexity index is 757. The molecule has 0 bridgehead atoms. The molecule has 6 nitrogen and oxygen atoms in total. The van der Waals surface area contributed by atoms with Gasteiger partial charge in [-0.05, 0) is 32.0 Å². The van der Waals surface area contributed by atoms with Gasteiger partial charge in [-0.1, -0.05) is 0 Å². The second-order valence-corrected chi connectivity index (χ2v) is 6.77. The molecule has 158 valence electrons. The van der Waals surface area contributed by atoms with Gasteiger partial charge < -0.3 is 9.64 Å². The lowest BCUT2D eigenvalue weighted by Gasteiger charge is -2.37. The Morgan fingerprint density at radius 2 is 1.55 bits per heavy atom. The predicted octanol–water partition coefficient (Wildman–Crippen LogP) is 3.43. The van der Waals surface area contributed by atoms with Gasteiger partial charge in [-0.3, -0.25) is 9.69 Å². The van der Waals surface area contributed by atoms with Crippen LogP contribution in [0.2, 0.25) is 0 Å². The van der Waals surface area contributed by atoms with Crippen molar-refractivity contribution in [2.45, 2.75) is 26.1 Å². The summed E-state index contributed by atoms with van der Waals surface area (Å²) in [5.41, 5.74) is 2.12. The molecule has 0 atom stereocenters. The van der Waals surface area contributed by atoms with Gasteiger partial charge in [-0.15, -0.1) is 0 Å². The fourth-order valence-electron chi connectivity index (χ4n) is 2.88. The Kier molecular flexibility index (Phi) is 7.95. The summed E-state index contributed by atoms with van der Waals surface area (Å²) < 4.78 is 36.3. The van der Waals surface area contributed by atoms with Gasteiger partial charge in [-0.2, -0.15) is 13.2 Å². The first-order valence-corrected chi connectivity index (χ1v) is 9.22. The molecular formula is C20H25F3N4O2. The van der Waals surface area contributed by atoms with Crippen LogP contribution in [0, 0.1) is 0 Å². The number of methoxy groups -OCH3 is 1. The molecule has 0 unspecified atom stereocenters. The van der Waals surface area contributed by atoms with E-state index in [9.17, 15) is 13.2 Å². The topological polar surface area (TPSA) is 58.6 Å². The summed E-state index contributed by atoms with van der Waals surface area (Å²) in [6.45, 7) is 8.79. The van der Waals surface area contributed by atoms with Crippen molar-refractivity contribution in [3.63, 3.8) is 0 Å². The van der Waals surface area contributed by atoms with Crippen molar-refractivity contribution in [1.29, 1.82) is 0 Å². The SMILES string of the molecule is COc1ccc(-c2ccc(N3CCN(C(C)C)CC3)nc2)cn1.O=CC(F)(F)F. The van der Waals surface area contributed by atoms with Gasteiger partial charge in [0.1, 0.15) is 5.82 Å². The molecular weight excluding hydrogens is 385 g/mol. The summed E-state index contributed by atoms with van der Waals surface area (Å²) in [6, 6.07) is 8.71. The lowest BCUT2D eigenvalue weighted by atomic mass is 10.1. The minimum absolute atomic E-state index is 0.620. The molecule has 2 aromatic heterocycles. The Balaban J connectivity index is 0.000000438. The third-order valence-electron chi connectivity index (χ3n) is 4.53. The maximum atomic E-state index is 10.4. The Hall–Kier alpha value is -2.68. The fourth-order valence-corrected chi connectivity index (χ4v) is 2.88. The maximum absolute atomic E-state index is 10.4. The quantitative estimate of drug-likeness (QED) is 0.720. The number of aldehydes is 1. The molecule has 0 amide bonds. The second kappa shape index (κ2) is 10.2. The van der Waals surface area contributed by atoms with Crippen LogP contribution in [0.1, 0.15) is 13.8 Å².